The maximum Gasteiger partial charge on any atom is 0.193 e. The number of hydrogen-bond acceptors (Lipinski definition) is 5. The number of pyridine rings is 1. The Morgan fingerprint density at radius 2 is 2.11 bits per heavy atom. The highest BCUT2D eigenvalue weighted by Crippen LogP contribution is 2.28. The molecule has 0 atom stereocenters. The predicted molar refractivity (Wildman–Crippen MR) is 104 cm³/mol. The topological polar surface area (TPSA) is 88.7 Å². The number of aryl methyl sites for hydroxylation is 1. The van der Waals surface area contributed by atoms with Gasteiger partial charge < -0.3 is 14.7 Å². The Morgan fingerprint density at radius 1 is 1.19 bits per heavy atom. The standard InChI is InChI=1S/C20H15N5O2/c1-25-11-13(10-23-25)18-9-17(26)15-5-7-22-20(19(15)27-18)24-14-2-3-16-12(8-14)4-6-21-16/h2-11,21H,1H3,(H,22,24). The molecule has 27 heavy (non-hydrogen) atoms. The Labute approximate surface area is 153 Å². The predicted octanol–water partition coefficient (Wildman–Crippen LogP) is 3.81. The van der Waals surface area contributed by atoms with Gasteiger partial charge in [0.2, 0.25) is 0 Å². The number of aromatic amines is 1. The van der Waals surface area contributed by atoms with Gasteiger partial charge in [0.1, 0.15) is 5.76 Å². The maximum absolute atomic E-state index is 12.6. The van der Waals surface area contributed by atoms with Crippen molar-refractivity contribution in [3.8, 4) is 11.3 Å². The average molecular weight is 357 g/mol. The first-order valence-corrected chi connectivity index (χ1v) is 8.43. The summed E-state index contributed by atoms with van der Waals surface area (Å²) in [7, 11) is 1.81. The van der Waals surface area contributed by atoms with E-state index in [1.165, 1.54) is 6.07 Å². The summed E-state index contributed by atoms with van der Waals surface area (Å²) in [5.41, 5.74) is 2.94. The molecule has 1 aromatic carbocycles. The van der Waals surface area contributed by atoms with E-state index in [0.717, 1.165) is 22.2 Å². The Morgan fingerprint density at radius 3 is 2.96 bits per heavy atom. The summed E-state index contributed by atoms with van der Waals surface area (Å²) in [6.45, 7) is 0. The Kier molecular flexibility index (Phi) is 3.33. The molecule has 7 heteroatoms. The number of rotatable bonds is 3. The van der Waals surface area contributed by atoms with Gasteiger partial charge in [-0.3, -0.25) is 9.48 Å². The maximum atomic E-state index is 12.6. The summed E-state index contributed by atoms with van der Waals surface area (Å²) in [5, 5.41) is 8.95. The van der Waals surface area contributed by atoms with Crippen LogP contribution >= 0.6 is 0 Å². The molecule has 0 saturated carbocycles. The minimum absolute atomic E-state index is 0.123. The van der Waals surface area contributed by atoms with E-state index in [9.17, 15) is 4.79 Å². The van der Waals surface area contributed by atoms with Crippen molar-refractivity contribution in [3.05, 3.63) is 71.4 Å². The zero-order valence-electron chi connectivity index (χ0n) is 14.4. The van der Waals surface area contributed by atoms with Crippen molar-refractivity contribution in [3.63, 3.8) is 0 Å². The van der Waals surface area contributed by atoms with Crippen LogP contribution in [-0.2, 0) is 7.05 Å². The van der Waals surface area contributed by atoms with E-state index in [-0.39, 0.29) is 5.43 Å². The van der Waals surface area contributed by atoms with Crippen molar-refractivity contribution in [2.45, 2.75) is 0 Å². The molecule has 5 rings (SSSR count). The molecule has 0 saturated heterocycles. The van der Waals surface area contributed by atoms with Crippen LogP contribution in [0.5, 0.6) is 0 Å². The third-order valence-corrected chi connectivity index (χ3v) is 4.45. The van der Waals surface area contributed by atoms with Crippen LogP contribution in [0.25, 0.3) is 33.2 Å². The molecule has 0 aliphatic carbocycles. The molecule has 4 heterocycles. The Hall–Kier alpha value is -3.87. The molecule has 5 aromatic rings. The number of benzene rings is 1. The lowest BCUT2D eigenvalue weighted by Gasteiger charge is -2.09. The molecule has 0 bridgehead atoms. The number of hydrogen-bond donors (Lipinski definition) is 2. The van der Waals surface area contributed by atoms with Crippen molar-refractivity contribution < 1.29 is 4.42 Å². The molecule has 0 spiro atoms. The summed E-state index contributed by atoms with van der Waals surface area (Å²) >= 11 is 0. The van der Waals surface area contributed by atoms with Crippen molar-refractivity contribution in [1.29, 1.82) is 0 Å². The number of nitrogens with one attached hydrogen (secondary N) is 2. The monoisotopic (exact) mass is 357 g/mol. The molecule has 132 valence electrons. The molecule has 7 nitrogen and oxygen atoms in total. The normalized spacial score (nSPS) is 11.3. The zero-order valence-corrected chi connectivity index (χ0v) is 14.4. The van der Waals surface area contributed by atoms with Gasteiger partial charge in [-0.1, -0.05) is 0 Å². The molecular weight excluding hydrogens is 342 g/mol. The van der Waals surface area contributed by atoms with E-state index in [1.807, 2.05) is 37.5 Å². The fourth-order valence-corrected chi connectivity index (χ4v) is 3.13. The smallest absolute Gasteiger partial charge is 0.193 e. The minimum Gasteiger partial charge on any atom is -0.452 e. The number of fused-ring (bicyclic) bond motifs is 2. The van der Waals surface area contributed by atoms with E-state index >= 15 is 0 Å². The lowest BCUT2D eigenvalue weighted by Crippen LogP contribution is -2.03. The van der Waals surface area contributed by atoms with E-state index in [2.05, 4.69) is 20.4 Å². The van der Waals surface area contributed by atoms with Gasteiger partial charge in [-0.05, 0) is 30.3 Å². The SMILES string of the molecule is Cn1cc(-c2cc(=O)c3ccnc(Nc4ccc5[nH]ccc5c4)c3o2)cn1. The van der Waals surface area contributed by atoms with Gasteiger partial charge in [0, 0.05) is 48.3 Å². The van der Waals surface area contributed by atoms with Crippen LogP contribution in [0, 0.1) is 0 Å². The lowest BCUT2D eigenvalue weighted by molar-refractivity contribution is 0.618. The third-order valence-electron chi connectivity index (χ3n) is 4.45. The minimum atomic E-state index is -0.123. The largest absolute Gasteiger partial charge is 0.452 e. The van der Waals surface area contributed by atoms with E-state index in [1.54, 1.807) is 29.3 Å². The molecule has 0 aliphatic heterocycles. The van der Waals surface area contributed by atoms with Crippen molar-refractivity contribution in [2.24, 2.45) is 7.05 Å². The molecule has 2 N–H and O–H groups in total. The Balaban J connectivity index is 1.64. The van der Waals surface area contributed by atoms with Gasteiger partial charge in [-0.25, -0.2) is 4.98 Å². The summed E-state index contributed by atoms with van der Waals surface area (Å²) in [6.07, 6.45) is 6.95. The molecular formula is C20H15N5O2. The van der Waals surface area contributed by atoms with Gasteiger partial charge in [-0.2, -0.15) is 5.10 Å². The van der Waals surface area contributed by atoms with Crippen LogP contribution < -0.4 is 10.7 Å². The second kappa shape index (κ2) is 5.84. The highest BCUT2D eigenvalue weighted by Gasteiger charge is 2.13. The quantitative estimate of drug-likeness (QED) is 0.512. The first-order valence-electron chi connectivity index (χ1n) is 8.43. The lowest BCUT2D eigenvalue weighted by atomic mass is 10.2. The zero-order chi connectivity index (χ0) is 18.4. The second-order valence-corrected chi connectivity index (χ2v) is 6.32. The van der Waals surface area contributed by atoms with Gasteiger partial charge >= 0.3 is 0 Å². The highest BCUT2D eigenvalue weighted by atomic mass is 16.3. The summed E-state index contributed by atoms with van der Waals surface area (Å²) in [4.78, 5) is 20.1. The first-order chi connectivity index (χ1) is 13.2. The third kappa shape index (κ3) is 2.65. The summed E-state index contributed by atoms with van der Waals surface area (Å²) < 4.78 is 7.69. The van der Waals surface area contributed by atoms with Crippen LogP contribution in [0.15, 0.2) is 70.4 Å². The van der Waals surface area contributed by atoms with Crippen molar-refractivity contribution >= 4 is 33.4 Å². The molecule has 0 unspecified atom stereocenters. The van der Waals surface area contributed by atoms with Crippen molar-refractivity contribution in [1.82, 2.24) is 19.7 Å². The molecule has 4 aromatic heterocycles. The molecule has 0 fully saturated rings. The van der Waals surface area contributed by atoms with Gasteiger partial charge in [-0.15, -0.1) is 0 Å². The van der Waals surface area contributed by atoms with Gasteiger partial charge in [0.05, 0.1) is 17.1 Å². The summed E-state index contributed by atoms with van der Waals surface area (Å²) in [5.74, 6) is 0.947. The average Bonchev–Trinajstić information content (AvgIpc) is 3.30. The van der Waals surface area contributed by atoms with Crippen LogP contribution in [-0.4, -0.2) is 19.7 Å². The van der Waals surface area contributed by atoms with Crippen LogP contribution in [0.1, 0.15) is 0 Å². The van der Waals surface area contributed by atoms with Crippen LogP contribution in [0.4, 0.5) is 11.5 Å². The first kappa shape index (κ1) is 15.4. The number of anilines is 2. The number of nitrogens with zero attached hydrogens (tertiary/aromatic N) is 3. The van der Waals surface area contributed by atoms with E-state index < -0.39 is 0 Å². The molecule has 0 amide bonds. The van der Waals surface area contributed by atoms with Crippen molar-refractivity contribution in [2.75, 3.05) is 5.32 Å². The van der Waals surface area contributed by atoms with Crippen LogP contribution in [0.3, 0.4) is 0 Å². The number of H-pyrrole nitrogens is 1. The number of aromatic nitrogens is 4. The molecule has 0 radical (unpaired) electrons. The summed E-state index contributed by atoms with van der Waals surface area (Å²) in [6, 6.07) is 11.1. The molecule has 0 aliphatic rings. The van der Waals surface area contributed by atoms with E-state index in [4.69, 9.17) is 4.42 Å². The fourth-order valence-electron chi connectivity index (χ4n) is 3.13. The van der Waals surface area contributed by atoms with Gasteiger partial charge in [0.25, 0.3) is 0 Å². The fraction of sp³-hybridized carbons (Fsp3) is 0.0500. The second-order valence-electron chi connectivity index (χ2n) is 6.32. The van der Waals surface area contributed by atoms with Crippen LogP contribution in [0.2, 0.25) is 0 Å². The van der Waals surface area contributed by atoms with E-state index in [0.29, 0.717) is 22.5 Å². The highest BCUT2D eigenvalue weighted by molar-refractivity contribution is 5.90. The Bertz CT molecular complexity index is 1350. The van der Waals surface area contributed by atoms with Gasteiger partial charge in [0.15, 0.2) is 16.8 Å².